The molecular weight excluding hydrogens is 380 g/mol. The molecule has 1 aromatic carbocycles. The summed E-state index contributed by atoms with van der Waals surface area (Å²) in [6, 6.07) is 7.04. The van der Waals surface area contributed by atoms with Gasteiger partial charge in [-0.3, -0.25) is 14.5 Å². The van der Waals surface area contributed by atoms with E-state index in [1.807, 2.05) is 6.07 Å². The third kappa shape index (κ3) is 5.51. The first-order valence-corrected chi connectivity index (χ1v) is 9.97. The highest BCUT2D eigenvalue weighted by Gasteiger charge is 2.23. The largest absolute Gasteiger partial charge is 0.496 e. The summed E-state index contributed by atoms with van der Waals surface area (Å²) in [5.74, 6) is -0.0237. The lowest BCUT2D eigenvalue weighted by Crippen LogP contribution is -2.45. The molecule has 9 heteroatoms. The number of carbonyl (C=O) groups is 2. The van der Waals surface area contributed by atoms with Crippen LogP contribution in [0.2, 0.25) is 0 Å². The number of para-hydroxylation sites is 1. The third-order valence-electron chi connectivity index (χ3n) is 4.43. The van der Waals surface area contributed by atoms with Gasteiger partial charge in [0.2, 0.25) is 5.91 Å². The summed E-state index contributed by atoms with van der Waals surface area (Å²) in [6.45, 7) is 4.07. The summed E-state index contributed by atoms with van der Waals surface area (Å²) in [7, 11) is 1.53. The number of amides is 2. The molecule has 2 aromatic rings. The van der Waals surface area contributed by atoms with Crippen molar-refractivity contribution >= 4 is 28.3 Å². The van der Waals surface area contributed by atoms with Gasteiger partial charge in [0, 0.05) is 37.8 Å². The summed E-state index contributed by atoms with van der Waals surface area (Å²) in [5.41, 5.74) is 0.439. The van der Waals surface area contributed by atoms with E-state index in [0.717, 1.165) is 13.1 Å². The number of carbonyl (C=O) groups excluding carboxylic acids is 2. The van der Waals surface area contributed by atoms with Gasteiger partial charge in [-0.25, -0.2) is 4.98 Å². The van der Waals surface area contributed by atoms with Crippen LogP contribution in [0.15, 0.2) is 35.8 Å². The van der Waals surface area contributed by atoms with Crippen LogP contribution in [0, 0.1) is 0 Å². The van der Waals surface area contributed by atoms with Crippen molar-refractivity contribution in [1.29, 1.82) is 0 Å². The number of methoxy groups -OCH3 is 1. The first kappa shape index (κ1) is 20.2. The number of anilines is 1. The molecule has 0 unspecified atom stereocenters. The Morgan fingerprint density at radius 3 is 2.82 bits per heavy atom. The predicted octanol–water partition coefficient (Wildman–Crippen LogP) is 1.56. The maximum Gasteiger partial charge on any atom is 0.258 e. The zero-order valence-electron chi connectivity index (χ0n) is 15.8. The van der Waals surface area contributed by atoms with E-state index in [-0.39, 0.29) is 18.4 Å². The Bertz CT molecular complexity index is 778. The Balaban J connectivity index is 1.70. The normalized spacial score (nSPS) is 14.5. The number of morpholine rings is 1. The summed E-state index contributed by atoms with van der Waals surface area (Å²) >= 11 is 1.34. The molecule has 0 spiro atoms. The number of nitrogens with zero attached hydrogens (tertiary/aromatic N) is 3. The van der Waals surface area contributed by atoms with Crippen molar-refractivity contribution in [3.63, 3.8) is 0 Å². The molecular formula is C19H24N4O4S. The number of ether oxygens (including phenoxy) is 2. The molecule has 0 radical (unpaired) electrons. The van der Waals surface area contributed by atoms with Crippen LogP contribution >= 0.6 is 11.3 Å². The van der Waals surface area contributed by atoms with Crippen molar-refractivity contribution in [2.75, 3.05) is 58.4 Å². The van der Waals surface area contributed by atoms with Crippen molar-refractivity contribution in [3.05, 3.63) is 41.4 Å². The molecule has 3 rings (SSSR count). The molecule has 1 aromatic heterocycles. The highest BCUT2D eigenvalue weighted by atomic mass is 32.1. The van der Waals surface area contributed by atoms with Crippen molar-refractivity contribution in [1.82, 2.24) is 14.8 Å². The number of hydrogen-bond donors (Lipinski definition) is 1. The summed E-state index contributed by atoms with van der Waals surface area (Å²) < 4.78 is 10.7. The Labute approximate surface area is 168 Å². The van der Waals surface area contributed by atoms with Crippen LogP contribution in [0.4, 0.5) is 5.13 Å². The first-order valence-electron chi connectivity index (χ1n) is 9.09. The monoisotopic (exact) mass is 404 g/mol. The molecule has 28 heavy (non-hydrogen) atoms. The Morgan fingerprint density at radius 1 is 1.32 bits per heavy atom. The topological polar surface area (TPSA) is 84.0 Å². The lowest BCUT2D eigenvalue weighted by Gasteiger charge is -2.30. The van der Waals surface area contributed by atoms with Gasteiger partial charge in [-0.15, -0.1) is 11.3 Å². The smallest absolute Gasteiger partial charge is 0.258 e. The van der Waals surface area contributed by atoms with E-state index in [9.17, 15) is 9.59 Å². The number of benzene rings is 1. The number of rotatable bonds is 8. The number of aromatic nitrogens is 1. The van der Waals surface area contributed by atoms with Crippen LogP contribution in [0.3, 0.4) is 0 Å². The standard InChI is InChI=1S/C19H24N4O4S/c1-26-16-5-3-2-4-15(16)18(25)23(8-7-22-9-11-27-12-10-22)14-17(24)21-19-20-6-13-28-19/h2-6,13H,7-12,14H2,1H3,(H,20,21,24). The molecule has 0 saturated carbocycles. The van der Waals surface area contributed by atoms with Gasteiger partial charge in [-0.2, -0.15) is 0 Å². The van der Waals surface area contributed by atoms with E-state index in [4.69, 9.17) is 9.47 Å². The molecule has 1 aliphatic rings. The Kier molecular flexibility index (Phi) is 7.35. The van der Waals surface area contributed by atoms with E-state index >= 15 is 0 Å². The molecule has 0 bridgehead atoms. The van der Waals surface area contributed by atoms with Gasteiger partial charge in [0.25, 0.3) is 5.91 Å². The van der Waals surface area contributed by atoms with Gasteiger partial charge in [-0.1, -0.05) is 12.1 Å². The third-order valence-corrected chi connectivity index (χ3v) is 5.12. The minimum absolute atomic E-state index is 0.0548. The van der Waals surface area contributed by atoms with Crippen molar-refractivity contribution in [2.45, 2.75) is 0 Å². The quantitative estimate of drug-likeness (QED) is 0.719. The van der Waals surface area contributed by atoms with E-state index in [0.29, 0.717) is 42.7 Å². The van der Waals surface area contributed by atoms with Crippen LogP contribution < -0.4 is 10.1 Å². The highest BCUT2D eigenvalue weighted by Crippen LogP contribution is 2.19. The average molecular weight is 404 g/mol. The van der Waals surface area contributed by atoms with Crippen molar-refractivity contribution in [2.24, 2.45) is 0 Å². The van der Waals surface area contributed by atoms with Gasteiger partial charge in [-0.05, 0) is 12.1 Å². The van der Waals surface area contributed by atoms with Gasteiger partial charge in [0.1, 0.15) is 12.3 Å². The molecule has 1 N–H and O–H groups in total. The van der Waals surface area contributed by atoms with Crippen molar-refractivity contribution < 1.29 is 19.1 Å². The number of thiazole rings is 1. The van der Waals surface area contributed by atoms with Gasteiger partial charge < -0.3 is 19.7 Å². The second-order valence-corrected chi connectivity index (χ2v) is 7.16. The molecule has 1 saturated heterocycles. The predicted molar refractivity (Wildman–Crippen MR) is 107 cm³/mol. The fraction of sp³-hybridized carbons (Fsp3) is 0.421. The average Bonchev–Trinajstić information content (AvgIpc) is 3.24. The molecule has 0 aliphatic carbocycles. The fourth-order valence-electron chi connectivity index (χ4n) is 2.95. The van der Waals surface area contributed by atoms with Gasteiger partial charge in [0.05, 0.1) is 25.9 Å². The Hall–Kier alpha value is -2.49. The van der Waals surface area contributed by atoms with E-state index in [2.05, 4.69) is 15.2 Å². The van der Waals surface area contributed by atoms with Crippen LogP contribution in [0.5, 0.6) is 5.75 Å². The maximum atomic E-state index is 13.1. The second-order valence-electron chi connectivity index (χ2n) is 6.27. The molecule has 150 valence electrons. The minimum atomic E-state index is -0.278. The molecule has 1 aliphatic heterocycles. The zero-order valence-corrected chi connectivity index (χ0v) is 16.6. The first-order chi connectivity index (χ1) is 13.7. The zero-order chi connectivity index (χ0) is 19.8. The van der Waals surface area contributed by atoms with Gasteiger partial charge in [0.15, 0.2) is 5.13 Å². The van der Waals surface area contributed by atoms with Gasteiger partial charge >= 0.3 is 0 Å². The van der Waals surface area contributed by atoms with E-state index < -0.39 is 0 Å². The summed E-state index contributed by atoms with van der Waals surface area (Å²) in [4.78, 5) is 33.4. The van der Waals surface area contributed by atoms with E-state index in [1.54, 1.807) is 34.7 Å². The summed E-state index contributed by atoms with van der Waals surface area (Å²) in [6.07, 6.45) is 1.62. The summed E-state index contributed by atoms with van der Waals surface area (Å²) in [5, 5.41) is 5.04. The molecule has 2 heterocycles. The number of nitrogens with one attached hydrogen (secondary N) is 1. The van der Waals surface area contributed by atoms with Crippen LogP contribution in [0.1, 0.15) is 10.4 Å². The minimum Gasteiger partial charge on any atom is -0.496 e. The lowest BCUT2D eigenvalue weighted by atomic mass is 10.1. The molecule has 0 atom stereocenters. The second kappa shape index (κ2) is 10.2. The van der Waals surface area contributed by atoms with E-state index in [1.165, 1.54) is 18.4 Å². The molecule has 8 nitrogen and oxygen atoms in total. The maximum absolute atomic E-state index is 13.1. The van der Waals surface area contributed by atoms with Crippen molar-refractivity contribution in [3.8, 4) is 5.75 Å². The molecule has 1 fully saturated rings. The van der Waals surface area contributed by atoms with Crippen LogP contribution in [-0.2, 0) is 9.53 Å². The fourth-order valence-corrected chi connectivity index (χ4v) is 3.49. The van der Waals surface area contributed by atoms with Crippen LogP contribution in [-0.4, -0.2) is 79.6 Å². The SMILES string of the molecule is COc1ccccc1C(=O)N(CCN1CCOCC1)CC(=O)Nc1nccs1. The van der Waals surface area contributed by atoms with Crippen LogP contribution in [0.25, 0.3) is 0 Å². The highest BCUT2D eigenvalue weighted by molar-refractivity contribution is 7.13. The lowest BCUT2D eigenvalue weighted by molar-refractivity contribution is -0.117. The Morgan fingerprint density at radius 2 is 2.11 bits per heavy atom. The molecule has 2 amide bonds. The number of hydrogen-bond acceptors (Lipinski definition) is 7.